The summed E-state index contributed by atoms with van der Waals surface area (Å²) in [6.07, 6.45) is 3.64. The molecule has 1 aliphatic rings. The standard InChI is InChI=1S/C14H11BrN2O5/c1-22-13-7-9(6-12(14(13)18)17(20)21)8-16(19)11-4-2-10(15)3-5-11/h2-8,19H,1H3/b9-8-. The van der Waals surface area contributed by atoms with Gasteiger partial charge in [-0.3, -0.25) is 20.1 Å². The Morgan fingerprint density at radius 3 is 2.50 bits per heavy atom. The molecule has 8 heteroatoms. The van der Waals surface area contributed by atoms with Crippen LogP contribution in [0.2, 0.25) is 0 Å². The van der Waals surface area contributed by atoms with Gasteiger partial charge >= 0.3 is 5.70 Å². The van der Waals surface area contributed by atoms with Crippen molar-refractivity contribution in [3.05, 3.63) is 74.2 Å². The summed E-state index contributed by atoms with van der Waals surface area (Å²) in [7, 11) is 1.25. The van der Waals surface area contributed by atoms with Gasteiger partial charge in [0.2, 0.25) is 0 Å². The quantitative estimate of drug-likeness (QED) is 0.650. The molecule has 7 nitrogen and oxygen atoms in total. The summed E-state index contributed by atoms with van der Waals surface area (Å²) in [4.78, 5) is 21.8. The van der Waals surface area contributed by atoms with E-state index in [0.29, 0.717) is 5.69 Å². The molecule has 0 saturated carbocycles. The Balaban J connectivity index is 2.36. The second-order valence-electron chi connectivity index (χ2n) is 4.28. The van der Waals surface area contributed by atoms with Gasteiger partial charge in [-0.05, 0) is 30.3 Å². The lowest BCUT2D eigenvalue weighted by molar-refractivity contribution is -0.418. The minimum Gasteiger partial charge on any atom is -0.492 e. The van der Waals surface area contributed by atoms with Crippen molar-refractivity contribution in [3.63, 3.8) is 0 Å². The first-order valence-electron chi connectivity index (χ1n) is 6.04. The fraction of sp³-hybridized carbons (Fsp3) is 0.0714. The van der Waals surface area contributed by atoms with Crippen LogP contribution >= 0.6 is 15.9 Å². The van der Waals surface area contributed by atoms with Gasteiger partial charge in [0.15, 0.2) is 5.76 Å². The van der Waals surface area contributed by atoms with Gasteiger partial charge < -0.3 is 4.74 Å². The zero-order chi connectivity index (χ0) is 16.3. The minimum absolute atomic E-state index is 0.162. The molecule has 0 heterocycles. The predicted molar refractivity (Wildman–Crippen MR) is 81.7 cm³/mol. The molecule has 2 rings (SSSR count). The third kappa shape index (κ3) is 3.41. The number of benzene rings is 1. The van der Waals surface area contributed by atoms with E-state index < -0.39 is 16.4 Å². The van der Waals surface area contributed by atoms with Gasteiger partial charge in [0.1, 0.15) is 0 Å². The first kappa shape index (κ1) is 15.9. The van der Waals surface area contributed by atoms with Crippen LogP contribution in [0.5, 0.6) is 0 Å². The molecular formula is C14H11BrN2O5. The Kier molecular flexibility index (Phi) is 4.74. The minimum atomic E-state index is -0.808. The van der Waals surface area contributed by atoms with E-state index in [0.717, 1.165) is 15.6 Å². The van der Waals surface area contributed by atoms with Crippen molar-refractivity contribution in [2.75, 3.05) is 12.2 Å². The Bertz CT molecular complexity index is 706. The van der Waals surface area contributed by atoms with E-state index in [1.54, 1.807) is 24.3 Å². The zero-order valence-electron chi connectivity index (χ0n) is 11.4. The lowest BCUT2D eigenvalue weighted by Gasteiger charge is -2.15. The number of hydrogen-bond acceptors (Lipinski definition) is 6. The first-order chi connectivity index (χ1) is 10.4. The molecule has 1 N–H and O–H groups in total. The fourth-order valence-corrected chi connectivity index (χ4v) is 2.04. The normalized spacial score (nSPS) is 16.1. The smallest absolute Gasteiger partial charge is 0.320 e. The van der Waals surface area contributed by atoms with Crippen molar-refractivity contribution in [1.29, 1.82) is 0 Å². The number of Topliss-reactive ketones (excluding diaryl/α,β-unsaturated/α-hetero) is 1. The van der Waals surface area contributed by atoms with Crippen LogP contribution in [0.3, 0.4) is 0 Å². The van der Waals surface area contributed by atoms with Crippen LogP contribution in [-0.4, -0.2) is 23.0 Å². The van der Waals surface area contributed by atoms with Crippen LogP contribution < -0.4 is 5.06 Å². The van der Waals surface area contributed by atoms with E-state index in [9.17, 15) is 20.1 Å². The number of allylic oxidation sites excluding steroid dienone is 3. The van der Waals surface area contributed by atoms with Crippen LogP contribution in [0.15, 0.2) is 64.1 Å². The second-order valence-corrected chi connectivity index (χ2v) is 5.19. The van der Waals surface area contributed by atoms with Crippen LogP contribution in [0, 0.1) is 10.1 Å². The second kappa shape index (κ2) is 6.54. The molecule has 0 spiro atoms. The van der Waals surface area contributed by atoms with Gasteiger partial charge in [0.25, 0.3) is 5.78 Å². The van der Waals surface area contributed by atoms with Crippen LogP contribution in [-0.2, 0) is 9.53 Å². The maximum atomic E-state index is 11.7. The average Bonchev–Trinajstić information content (AvgIpc) is 2.49. The van der Waals surface area contributed by atoms with E-state index in [2.05, 4.69) is 15.9 Å². The van der Waals surface area contributed by atoms with Crippen LogP contribution in [0.4, 0.5) is 5.69 Å². The maximum absolute atomic E-state index is 11.7. The van der Waals surface area contributed by atoms with E-state index in [-0.39, 0.29) is 11.3 Å². The number of halogens is 1. The molecule has 1 aromatic carbocycles. The number of ether oxygens (including phenoxy) is 1. The molecule has 0 unspecified atom stereocenters. The molecule has 22 heavy (non-hydrogen) atoms. The lowest BCUT2D eigenvalue weighted by Crippen LogP contribution is -2.19. The highest BCUT2D eigenvalue weighted by Gasteiger charge is 2.30. The van der Waals surface area contributed by atoms with Crippen molar-refractivity contribution in [1.82, 2.24) is 0 Å². The summed E-state index contributed by atoms with van der Waals surface area (Å²) >= 11 is 3.28. The highest BCUT2D eigenvalue weighted by atomic mass is 79.9. The summed E-state index contributed by atoms with van der Waals surface area (Å²) in [5.41, 5.74) is 0.0967. The van der Waals surface area contributed by atoms with Crippen molar-refractivity contribution in [2.24, 2.45) is 0 Å². The monoisotopic (exact) mass is 366 g/mol. The highest BCUT2D eigenvalue weighted by Crippen LogP contribution is 2.22. The van der Waals surface area contributed by atoms with E-state index in [4.69, 9.17) is 4.74 Å². The number of nitrogens with zero attached hydrogens (tertiary/aromatic N) is 2. The Morgan fingerprint density at radius 2 is 1.95 bits per heavy atom. The SMILES string of the molecule is COC1=C/C(=C\N(O)c2ccc(Br)cc2)C=C([N+](=O)[O-])C1=O. The predicted octanol–water partition coefficient (Wildman–Crippen LogP) is 2.80. The highest BCUT2D eigenvalue weighted by molar-refractivity contribution is 9.10. The molecule has 114 valence electrons. The van der Waals surface area contributed by atoms with E-state index in [1.165, 1.54) is 19.4 Å². The topological polar surface area (TPSA) is 92.9 Å². The lowest BCUT2D eigenvalue weighted by atomic mass is 10.1. The molecule has 0 radical (unpaired) electrons. The van der Waals surface area contributed by atoms with Gasteiger partial charge in [-0.2, -0.15) is 0 Å². The largest absolute Gasteiger partial charge is 0.492 e. The van der Waals surface area contributed by atoms with E-state index >= 15 is 0 Å². The van der Waals surface area contributed by atoms with Crippen molar-refractivity contribution >= 4 is 27.4 Å². The first-order valence-corrected chi connectivity index (χ1v) is 6.83. The average molecular weight is 367 g/mol. The molecule has 0 amide bonds. The number of carbonyl (C=O) groups is 1. The summed E-state index contributed by atoms with van der Waals surface area (Å²) in [5.74, 6) is -0.970. The number of nitro groups is 1. The molecular weight excluding hydrogens is 356 g/mol. The fourth-order valence-electron chi connectivity index (χ4n) is 1.78. The molecule has 0 aromatic heterocycles. The molecule has 1 aromatic rings. The van der Waals surface area contributed by atoms with Gasteiger partial charge in [0, 0.05) is 22.3 Å². The Hall–Kier alpha value is -2.45. The number of methoxy groups -OCH3 is 1. The molecule has 0 fully saturated rings. The Morgan fingerprint density at radius 1 is 1.32 bits per heavy atom. The van der Waals surface area contributed by atoms with Crippen molar-refractivity contribution < 1.29 is 19.7 Å². The number of rotatable bonds is 4. The van der Waals surface area contributed by atoms with Crippen molar-refractivity contribution in [2.45, 2.75) is 0 Å². The maximum Gasteiger partial charge on any atom is 0.320 e. The summed E-state index contributed by atoms with van der Waals surface area (Å²) < 4.78 is 5.68. The number of carbonyl (C=O) groups excluding carboxylic acids is 1. The van der Waals surface area contributed by atoms with Crippen LogP contribution in [0.1, 0.15) is 0 Å². The molecule has 0 bridgehead atoms. The summed E-state index contributed by atoms with van der Waals surface area (Å²) in [5, 5.41) is 21.7. The summed E-state index contributed by atoms with van der Waals surface area (Å²) in [6, 6.07) is 6.76. The molecule has 0 atom stereocenters. The third-order valence-electron chi connectivity index (χ3n) is 2.84. The van der Waals surface area contributed by atoms with Crippen molar-refractivity contribution in [3.8, 4) is 0 Å². The summed E-state index contributed by atoms with van der Waals surface area (Å²) in [6.45, 7) is 0. The number of hydrogen-bond donors (Lipinski definition) is 1. The van der Waals surface area contributed by atoms with Gasteiger partial charge in [-0.15, -0.1) is 0 Å². The molecule has 0 saturated heterocycles. The van der Waals surface area contributed by atoms with Gasteiger partial charge in [0.05, 0.1) is 17.7 Å². The third-order valence-corrected chi connectivity index (χ3v) is 3.37. The van der Waals surface area contributed by atoms with Gasteiger partial charge in [-0.1, -0.05) is 15.9 Å². The van der Waals surface area contributed by atoms with E-state index in [1.807, 2.05) is 0 Å². The molecule has 1 aliphatic carbocycles. The number of anilines is 1. The Labute approximate surface area is 134 Å². The number of hydroxylamine groups is 1. The molecule has 0 aliphatic heterocycles. The zero-order valence-corrected chi connectivity index (χ0v) is 13.0. The number of ketones is 1. The van der Waals surface area contributed by atoms with Gasteiger partial charge in [-0.25, -0.2) is 5.06 Å². The van der Waals surface area contributed by atoms with Crippen LogP contribution in [0.25, 0.3) is 0 Å².